The first-order chi connectivity index (χ1) is 8.20. The molecule has 17 heavy (non-hydrogen) atoms. The van der Waals surface area contributed by atoms with Crippen molar-refractivity contribution in [1.82, 2.24) is 4.98 Å². The summed E-state index contributed by atoms with van der Waals surface area (Å²) in [6, 6.07) is 3.86. The number of hydrogen-bond donors (Lipinski definition) is 4. The number of nitrogens with two attached hydrogens (primary N) is 2. The Hall–Kier alpha value is -1.49. The Bertz CT molecular complexity index is 383. The summed E-state index contributed by atoms with van der Waals surface area (Å²) in [6.07, 6.45) is 4.52. The molecule has 1 saturated carbocycles. The number of nitrogens with one attached hydrogen (secondary N) is 1. The van der Waals surface area contributed by atoms with Crippen molar-refractivity contribution in [3.8, 4) is 0 Å². The third kappa shape index (κ3) is 2.79. The molecule has 2 atom stereocenters. The molecule has 0 radical (unpaired) electrons. The van der Waals surface area contributed by atoms with E-state index in [1.165, 1.54) is 12.8 Å². The van der Waals surface area contributed by atoms with Gasteiger partial charge in [0.25, 0.3) is 0 Å². The van der Waals surface area contributed by atoms with Crippen molar-refractivity contribution in [3.05, 3.63) is 12.1 Å². The molecule has 2 unspecified atom stereocenters. The molecule has 1 aliphatic rings. The van der Waals surface area contributed by atoms with E-state index in [2.05, 4.69) is 10.3 Å². The second-order valence-corrected chi connectivity index (χ2v) is 4.65. The number of aliphatic hydroxyl groups is 1. The van der Waals surface area contributed by atoms with E-state index in [-0.39, 0.29) is 12.6 Å². The Balaban J connectivity index is 2.05. The van der Waals surface area contributed by atoms with E-state index in [0.717, 1.165) is 18.7 Å². The van der Waals surface area contributed by atoms with Crippen LogP contribution >= 0.6 is 0 Å². The fourth-order valence-electron chi connectivity index (χ4n) is 2.37. The van der Waals surface area contributed by atoms with Gasteiger partial charge in [-0.25, -0.2) is 4.98 Å². The molecular weight excluding hydrogens is 216 g/mol. The van der Waals surface area contributed by atoms with E-state index in [1.54, 1.807) is 6.07 Å². The third-order valence-electron chi connectivity index (χ3n) is 3.43. The van der Waals surface area contributed by atoms with Crippen molar-refractivity contribution in [2.45, 2.75) is 31.7 Å². The fourth-order valence-corrected chi connectivity index (χ4v) is 2.37. The summed E-state index contributed by atoms with van der Waals surface area (Å²) < 4.78 is 0. The lowest BCUT2D eigenvalue weighted by Gasteiger charge is -2.31. The molecule has 6 N–H and O–H groups in total. The number of aromatic nitrogens is 1. The molecule has 1 aliphatic carbocycles. The van der Waals surface area contributed by atoms with Crippen LogP contribution in [0.25, 0.3) is 0 Å². The van der Waals surface area contributed by atoms with Crippen molar-refractivity contribution in [2.75, 3.05) is 23.4 Å². The SMILES string of the molecule is Nc1ccc(NC2CCCCC2CO)nc1N. The van der Waals surface area contributed by atoms with E-state index in [1.807, 2.05) is 6.07 Å². The van der Waals surface area contributed by atoms with Crippen molar-refractivity contribution in [3.63, 3.8) is 0 Å². The molecule has 94 valence electrons. The molecule has 0 saturated heterocycles. The number of nitrogens with zero attached hydrogens (tertiary/aromatic N) is 1. The van der Waals surface area contributed by atoms with Gasteiger partial charge in [0.1, 0.15) is 11.6 Å². The Kier molecular flexibility index (Phi) is 3.68. The van der Waals surface area contributed by atoms with Gasteiger partial charge < -0.3 is 21.9 Å². The summed E-state index contributed by atoms with van der Waals surface area (Å²) >= 11 is 0. The smallest absolute Gasteiger partial charge is 0.149 e. The van der Waals surface area contributed by atoms with E-state index < -0.39 is 0 Å². The average molecular weight is 236 g/mol. The predicted molar refractivity (Wildman–Crippen MR) is 69.5 cm³/mol. The van der Waals surface area contributed by atoms with Crippen molar-refractivity contribution < 1.29 is 5.11 Å². The monoisotopic (exact) mass is 236 g/mol. The van der Waals surface area contributed by atoms with Gasteiger partial charge in [0.05, 0.1) is 5.69 Å². The molecule has 0 aromatic carbocycles. The third-order valence-corrected chi connectivity index (χ3v) is 3.43. The van der Waals surface area contributed by atoms with Crippen LogP contribution in [0.1, 0.15) is 25.7 Å². The number of aliphatic hydroxyl groups excluding tert-OH is 1. The second-order valence-electron chi connectivity index (χ2n) is 4.65. The zero-order chi connectivity index (χ0) is 12.3. The number of anilines is 3. The Morgan fingerprint density at radius 1 is 1.29 bits per heavy atom. The zero-order valence-corrected chi connectivity index (χ0v) is 9.89. The van der Waals surface area contributed by atoms with Crippen LogP contribution in [0.4, 0.5) is 17.3 Å². The van der Waals surface area contributed by atoms with Crippen LogP contribution in [0.15, 0.2) is 12.1 Å². The first-order valence-corrected chi connectivity index (χ1v) is 6.10. The number of pyridine rings is 1. The zero-order valence-electron chi connectivity index (χ0n) is 9.89. The predicted octanol–water partition coefficient (Wildman–Crippen LogP) is 1.21. The Labute approximate surface area is 101 Å². The van der Waals surface area contributed by atoms with Gasteiger partial charge in [-0.1, -0.05) is 12.8 Å². The van der Waals surface area contributed by atoms with Crippen molar-refractivity contribution in [2.24, 2.45) is 5.92 Å². The molecule has 0 bridgehead atoms. The highest BCUT2D eigenvalue weighted by Crippen LogP contribution is 2.27. The lowest BCUT2D eigenvalue weighted by atomic mass is 9.85. The van der Waals surface area contributed by atoms with Crippen LogP contribution < -0.4 is 16.8 Å². The quantitative estimate of drug-likeness (QED) is 0.632. The minimum atomic E-state index is 0.224. The maximum Gasteiger partial charge on any atom is 0.149 e. The molecule has 5 heteroatoms. The molecule has 1 aromatic heterocycles. The van der Waals surface area contributed by atoms with Crippen LogP contribution in [-0.2, 0) is 0 Å². The largest absolute Gasteiger partial charge is 0.396 e. The van der Waals surface area contributed by atoms with Crippen LogP contribution in [0, 0.1) is 5.92 Å². The molecule has 0 aliphatic heterocycles. The maximum absolute atomic E-state index is 9.33. The van der Waals surface area contributed by atoms with Gasteiger partial charge in [0.15, 0.2) is 0 Å². The molecular formula is C12H20N4O. The summed E-state index contributed by atoms with van der Waals surface area (Å²) in [5, 5.41) is 12.7. The topological polar surface area (TPSA) is 97.2 Å². The highest BCUT2D eigenvalue weighted by atomic mass is 16.3. The number of hydrogen-bond acceptors (Lipinski definition) is 5. The molecule has 0 spiro atoms. The lowest BCUT2D eigenvalue weighted by molar-refractivity contribution is 0.178. The van der Waals surface area contributed by atoms with E-state index in [9.17, 15) is 5.11 Å². The molecule has 2 rings (SSSR count). The summed E-state index contributed by atoms with van der Waals surface area (Å²) in [6.45, 7) is 0.224. The summed E-state index contributed by atoms with van der Waals surface area (Å²) in [4.78, 5) is 4.20. The van der Waals surface area contributed by atoms with Gasteiger partial charge in [-0.05, 0) is 25.0 Å². The fraction of sp³-hybridized carbons (Fsp3) is 0.583. The minimum absolute atomic E-state index is 0.224. The van der Waals surface area contributed by atoms with Gasteiger partial charge in [0, 0.05) is 18.6 Å². The van der Waals surface area contributed by atoms with Crippen LogP contribution in [-0.4, -0.2) is 22.7 Å². The molecule has 1 fully saturated rings. The molecule has 5 nitrogen and oxygen atoms in total. The molecule has 1 heterocycles. The Morgan fingerprint density at radius 3 is 2.76 bits per heavy atom. The average Bonchev–Trinajstić information content (AvgIpc) is 2.34. The van der Waals surface area contributed by atoms with Gasteiger partial charge in [-0.2, -0.15) is 0 Å². The van der Waals surface area contributed by atoms with Crippen molar-refractivity contribution >= 4 is 17.3 Å². The summed E-state index contributed by atoms with van der Waals surface area (Å²) in [5.74, 6) is 1.40. The first kappa shape index (κ1) is 12.0. The van der Waals surface area contributed by atoms with E-state index in [4.69, 9.17) is 11.5 Å². The maximum atomic E-state index is 9.33. The standard InChI is InChI=1S/C12H20N4O/c13-9-5-6-11(16-12(9)14)15-10-4-2-1-3-8(10)7-17/h5-6,8,10,17H,1-4,7,13H2,(H3,14,15,16). The van der Waals surface area contributed by atoms with Crippen molar-refractivity contribution in [1.29, 1.82) is 0 Å². The highest BCUT2D eigenvalue weighted by Gasteiger charge is 2.24. The Morgan fingerprint density at radius 2 is 2.06 bits per heavy atom. The number of nitrogen functional groups attached to an aromatic ring is 2. The van der Waals surface area contributed by atoms with Gasteiger partial charge in [0.2, 0.25) is 0 Å². The summed E-state index contributed by atoms with van der Waals surface area (Å²) in [7, 11) is 0. The van der Waals surface area contributed by atoms with Crippen LogP contribution in [0.2, 0.25) is 0 Å². The van der Waals surface area contributed by atoms with E-state index in [0.29, 0.717) is 17.4 Å². The van der Waals surface area contributed by atoms with Crippen LogP contribution in [0.3, 0.4) is 0 Å². The second kappa shape index (κ2) is 5.23. The van der Waals surface area contributed by atoms with Crippen LogP contribution in [0.5, 0.6) is 0 Å². The first-order valence-electron chi connectivity index (χ1n) is 6.10. The molecule has 1 aromatic rings. The number of rotatable bonds is 3. The van der Waals surface area contributed by atoms with Gasteiger partial charge >= 0.3 is 0 Å². The minimum Gasteiger partial charge on any atom is -0.396 e. The van der Waals surface area contributed by atoms with Gasteiger partial charge in [-0.3, -0.25) is 0 Å². The molecule has 0 amide bonds. The highest BCUT2D eigenvalue weighted by molar-refractivity contribution is 5.61. The normalized spacial score (nSPS) is 24.5. The lowest BCUT2D eigenvalue weighted by Crippen LogP contribution is -2.34. The van der Waals surface area contributed by atoms with Gasteiger partial charge in [-0.15, -0.1) is 0 Å². The summed E-state index contributed by atoms with van der Waals surface area (Å²) in [5.41, 5.74) is 11.8. The van der Waals surface area contributed by atoms with E-state index >= 15 is 0 Å².